The van der Waals surface area contributed by atoms with Gasteiger partial charge in [0.1, 0.15) is 5.82 Å². The quantitative estimate of drug-likeness (QED) is 0.428. The average molecular weight is 457 g/mol. The zero-order chi connectivity index (χ0) is 20.7. The minimum Gasteiger partial charge on any atom is -0.365 e. The maximum atomic E-state index is 13.2. The van der Waals surface area contributed by atoms with E-state index in [1.54, 1.807) is 12.4 Å². The smallest absolute Gasteiger partial charge is 0.229 e. The van der Waals surface area contributed by atoms with Gasteiger partial charge in [-0.3, -0.25) is 4.98 Å². The van der Waals surface area contributed by atoms with Crippen molar-refractivity contribution in [3.8, 4) is 0 Å². The van der Waals surface area contributed by atoms with Gasteiger partial charge in [0.25, 0.3) is 0 Å². The Labute approximate surface area is 180 Å². The highest BCUT2D eigenvalue weighted by molar-refractivity contribution is 7.91. The van der Waals surface area contributed by atoms with Gasteiger partial charge in [0, 0.05) is 24.0 Å². The van der Waals surface area contributed by atoms with Gasteiger partial charge in [0.15, 0.2) is 5.65 Å². The number of thiophene rings is 1. The molecule has 1 aromatic carbocycles. The summed E-state index contributed by atoms with van der Waals surface area (Å²) in [5, 5.41) is 13.4. The van der Waals surface area contributed by atoms with E-state index in [1.165, 1.54) is 40.1 Å². The molecule has 0 saturated carbocycles. The molecule has 0 aliphatic heterocycles. The number of halogens is 1. The molecular weight excluding hydrogens is 444 g/mol. The highest BCUT2D eigenvalue weighted by Crippen LogP contribution is 2.31. The lowest BCUT2D eigenvalue weighted by Crippen LogP contribution is -2.06. The van der Waals surface area contributed by atoms with Crippen LogP contribution in [0.5, 0.6) is 0 Å². The summed E-state index contributed by atoms with van der Waals surface area (Å²) in [6.07, 6.45) is 3.43. The van der Waals surface area contributed by atoms with Gasteiger partial charge in [0.05, 0.1) is 15.1 Å². The van der Waals surface area contributed by atoms with E-state index in [1.807, 2.05) is 23.6 Å². The molecule has 0 fully saturated rings. The number of anilines is 1. The van der Waals surface area contributed by atoms with Crippen LogP contribution in [0.2, 0.25) is 5.02 Å². The third-order valence-electron chi connectivity index (χ3n) is 4.51. The predicted octanol–water partition coefficient (Wildman–Crippen LogP) is 3.83. The van der Waals surface area contributed by atoms with Crippen LogP contribution in [0.4, 0.5) is 5.82 Å². The maximum Gasteiger partial charge on any atom is 0.229 e. The second-order valence-corrected chi connectivity index (χ2v) is 9.61. The Morgan fingerprint density at radius 1 is 1.07 bits per heavy atom. The van der Waals surface area contributed by atoms with Crippen molar-refractivity contribution in [1.29, 1.82) is 0 Å². The van der Waals surface area contributed by atoms with Crippen molar-refractivity contribution in [2.75, 3.05) is 5.32 Å². The molecule has 0 spiro atoms. The van der Waals surface area contributed by atoms with Gasteiger partial charge in [-0.2, -0.15) is 4.52 Å². The lowest BCUT2D eigenvalue weighted by molar-refractivity contribution is 0.592. The van der Waals surface area contributed by atoms with Crippen LogP contribution in [0.3, 0.4) is 0 Å². The molecule has 4 aromatic heterocycles. The fourth-order valence-corrected chi connectivity index (χ4v) is 5.23. The number of aromatic nitrogens is 5. The fraction of sp³-hybridized carbons (Fsp3) is 0.0526. The third-order valence-corrected chi connectivity index (χ3v) is 7.34. The van der Waals surface area contributed by atoms with E-state index < -0.39 is 9.84 Å². The Bertz CT molecular complexity index is 1460. The third kappa shape index (κ3) is 3.18. The number of nitrogens with zero attached hydrogens (tertiary/aromatic N) is 5. The van der Waals surface area contributed by atoms with E-state index in [-0.39, 0.29) is 15.6 Å². The molecule has 0 radical (unpaired) electrons. The van der Waals surface area contributed by atoms with Gasteiger partial charge >= 0.3 is 0 Å². The van der Waals surface area contributed by atoms with Crippen LogP contribution in [0.15, 0.2) is 70.2 Å². The molecule has 0 aliphatic rings. The first-order valence-corrected chi connectivity index (χ1v) is 11.5. The maximum absolute atomic E-state index is 13.2. The van der Waals surface area contributed by atoms with Gasteiger partial charge < -0.3 is 5.32 Å². The minimum absolute atomic E-state index is 0.0767. The largest absolute Gasteiger partial charge is 0.365 e. The Kier molecular flexibility index (Phi) is 4.61. The highest BCUT2D eigenvalue weighted by atomic mass is 35.5. The van der Waals surface area contributed by atoms with Gasteiger partial charge in [-0.1, -0.05) is 16.8 Å². The lowest BCUT2D eigenvalue weighted by Gasteiger charge is -2.08. The van der Waals surface area contributed by atoms with Crippen LogP contribution in [0, 0.1) is 0 Å². The molecule has 5 rings (SSSR count). The van der Waals surface area contributed by atoms with Crippen molar-refractivity contribution in [1.82, 2.24) is 24.8 Å². The number of pyridine rings is 1. The summed E-state index contributed by atoms with van der Waals surface area (Å²) in [6, 6.07) is 11.6. The number of benzene rings is 1. The van der Waals surface area contributed by atoms with Gasteiger partial charge in [-0.15, -0.1) is 16.4 Å². The van der Waals surface area contributed by atoms with Crippen LogP contribution in [0.25, 0.3) is 15.9 Å². The van der Waals surface area contributed by atoms with E-state index in [0.717, 1.165) is 15.8 Å². The molecule has 1 N–H and O–H groups in total. The summed E-state index contributed by atoms with van der Waals surface area (Å²) in [5.41, 5.74) is 1.91. The predicted molar refractivity (Wildman–Crippen MR) is 115 cm³/mol. The summed E-state index contributed by atoms with van der Waals surface area (Å²) in [6.45, 7) is 0.513. The first-order chi connectivity index (χ1) is 14.5. The van der Waals surface area contributed by atoms with Crippen molar-refractivity contribution >= 4 is 54.5 Å². The summed E-state index contributed by atoms with van der Waals surface area (Å²) < 4.78 is 28.6. The molecule has 0 unspecified atom stereocenters. The Balaban J connectivity index is 1.64. The number of fused-ring (bicyclic) bond motifs is 3. The number of hydrogen-bond acceptors (Lipinski definition) is 8. The first kappa shape index (κ1) is 18.9. The average Bonchev–Trinajstić information content (AvgIpc) is 3.40. The van der Waals surface area contributed by atoms with Crippen molar-refractivity contribution in [3.05, 3.63) is 70.8 Å². The zero-order valence-electron chi connectivity index (χ0n) is 15.2. The second kappa shape index (κ2) is 7.31. The molecule has 8 nitrogen and oxygen atoms in total. The standard InChI is InChI=1S/C19H13ClN6O2S2/c20-13-1-3-14(4-2-13)30(27,28)19-18-23-17(22-11-12-5-8-21-9-6-12)16-15(7-10-29-16)26(18)25-24-19/h1-10H,11H2,(H,22,23). The number of sulfone groups is 1. The van der Waals surface area contributed by atoms with E-state index in [9.17, 15) is 8.42 Å². The summed E-state index contributed by atoms with van der Waals surface area (Å²) in [5.74, 6) is 0.569. The lowest BCUT2D eigenvalue weighted by atomic mass is 10.3. The normalized spacial score (nSPS) is 11.9. The molecule has 0 bridgehead atoms. The minimum atomic E-state index is -3.92. The first-order valence-electron chi connectivity index (χ1n) is 8.80. The van der Waals surface area contributed by atoms with E-state index in [4.69, 9.17) is 11.6 Å². The molecule has 4 heterocycles. The Hall–Kier alpha value is -3.08. The van der Waals surface area contributed by atoms with Crippen molar-refractivity contribution in [2.24, 2.45) is 0 Å². The SMILES string of the molecule is O=S(=O)(c1ccc(Cl)cc1)c1nnn2c1nc(NCc1ccncc1)c1sccc12. The molecule has 150 valence electrons. The Morgan fingerprint density at radius 3 is 2.60 bits per heavy atom. The molecule has 30 heavy (non-hydrogen) atoms. The fourth-order valence-electron chi connectivity index (χ4n) is 3.03. The van der Waals surface area contributed by atoms with Crippen LogP contribution in [-0.2, 0) is 16.4 Å². The van der Waals surface area contributed by atoms with E-state index in [2.05, 4.69) is 25.6 Å². The number of hydrogen-bond donors (Lipinski definition) is 1. The number of nitrogens with one attached hydrogen (secondary N) is 1. The van der Waals surface area contributed by atoms with Crippen LogP contribution in [-0.4, -0.2) is 33.2 Å². The van der Waals surface area contributed by atoms with Gasteiger partial charge in [-0.05, 0) is 53.4 Å². The Morgan fingerprint density at radius 2 is 1.83 bits per heavy atom. The highest BCUT2D eigenvalue weighted by Gasteiger charge is 2.27. The molecular formula is C19H13ClN6O2S2. The molecule has 0 aliphatic carbocycles. The monoisotopic (exact) mass is 456 g/mol. The van der Waals surface area contributed by atoms with Crippen LogP contribution in [0.1, 0.15) is 5.56 Å². The molecule has 0 amide bonds. The molecule has 5 aromatic rings. The van der Waals surface area contributed by atoms with E-state index in [0.29, 0.717) is 17.4 Å². The topological polar surface area (TPSA) is 102 Å². The van der Waals surface area contributed by atoms with Gasteiger partial charge in [0.2, 0.25) is 14.9 Å². The molecule has 11 heteroatoms. The molecule has 0 saturated heterocycles. The summed E-state index contributed by atoms with van der Waals surface area (Å²) in [4.78, 5) is 8.67. The van der Waals surface area contributed by atoms with Crippen molar-refractivity contribution in [3.63, 3.8) is 0 Å². The van der Waals surface area contributed by atoms with Crippen LogP contribution >= 0.6 is 22.9 Å². The summed E-state index contributed by atoms with van der Waals surface area (Å²) in [7, 11) is -3.92. The van der Waals surface area contributed by atoms with E-state index >= 15 is 0 Å². The van der Waals surface area contributed by atoms with Crippen molar-refractivity contribution < 1.29 is 8.42 Å². The molecule has 0 atom stereocenters. The second-order valence-electron chi connectivity index (χ2n) is 6.39. The van der Waals surface area contributed by atoms with Gasteiger partial charge in [-0.25, -0.2) is 13.4 Å². The zero-order valence-corrected chi connectivity index (χ0v) is 17.6. The van der Waals surface area contributed by atoms with Crippen LogP contribution < -0.4 is 5.32 Å². The summed E-state index contributed by atoms with van der Waals surface area (Å²) >= 11 is 7.38. The van der Waals surface area contributed by atoms with Crippen molar-refractivity contribution in [2.45, 2.75) is 16.5 Å². The number of rotatable bonds is 5.